The third-order valence-electron chi connectivity index (χ3n) is 3.06. The van der Waals surface area contributed by atoms with E-state index < -0.39 is 0 Å². The normalized spacial score (nSPS) is 12.3. The molecule has 2 aromatic carbocycles. The van der Waals surface area contributed by atoms with Crippen LogP contribution in [0.1, 0.15) is 31.9 Å². The van der Waals surface area contributed by atoms with E-state index in [0.29, 0.717) is 0 Å². The highest BCUT2D eigenvalue weighted by Crippen LogP contribution is 2.30. The molecule has 0 N–H and O–H groups in total. The standard InChI is InChI=1S/C19H22O/c1-19(2,3)14-18(15-8-6-5-7-9-15)16-10-12-17(20-4)13-11-16/h5-14H,1-4H3/b18-14+. The van der Waals surface area contributed by atoms with E-state index in [9.17, 15) is 0 Å². The van der Waals surface area contributed by atoms with Crippen LogP contribution in [0, 0.1) is 5.41 Å². The van der Waals surface area contributed by atoms with Crippen molar-refractivity contribution in [2.24, 2.45) is 5.41 Å². The summed E-state index contributed by atoms with van der Waals surface area (Å²) in [7, 11) is 1.69. The second-order valence-electron chi connectivity index (χ2n) is 6.02. The zero-order valence-electron chi connectivity index (χ0n) is 12.7. The third-order valence-corrected chi connectivity index (χ3v) is 3.06. The van der Waals surface area contributed by atoms with E-state index in [0.717, 1.165) is 5.75 Å². The second kappa shape index (κ2) is 5.96. The molecule has 1 heteroatoms. The molecule has 0 radical (unpaired) electrons. The van der Waals surface area contributed by atoms with Gasteiger partial charge in [-0.25, -0.2) is 0 Å². The summed E-state index contributed by atoms with van der Waals surface area (Å²) in [6.45, 7) is 6.67. The number of rotatable bonds is 3. The predicted octanol–water partition coefficient (Wildman–Crippen LogP) is 5.17. The van der Waals surface area contributed by atoms with Gasteiger partial charge in [-0.3, -0.25) is 0 Å². The van der Waals surface area contributed by atoms with Crippen LogP contribution < -0.4 is 4.74 Å². The molecule has 0 unspecified atom stereocenters. The summed E-state index contributed by atoms with van der Waals surface area (Å²) in [5.74, 6) is 0.886. The minimum atomic E-state index is 0.130. The number of methoxy groups -OCH3 is 1. The van der Waals surface area contributed by atoms with Crippen LogP contribution in [0.25, 0.3) is 5.57 Å². The van der Waals surface area contributed by atoms with Crippen molar-refractivity contribution in [1.82, 2.24) is 0 Å². The van der Waals surface area contributed by atoms with Crippen molar-refractivity contribution >= 4 is 5.57 Å². The van der Waals surface area contributed by atoms with Crippen molar-refractivity contribution in [3.05, 3.63) is 71.8 Å². The molecule has 0 atom stereocenters. The van der Waals surface area contributed by atoms with Crippen molar-refractivity contribution < 1.29 is 4.74 Å². The van der Waals surface area contributed by atoms with Gasteiger partial charge in [-0.05, 0) is 34.2 Å². The highest BCUT2D eigenvalue weighted by Gasteiger charge is 2.12. The lowest BCUT2D eigenvalue weighted by Gasteiger charge is -2.17. The summed E-state index contributed by atoms with van der Waals surface area (Å²) >= 11 is 0. The zero-order valence-corrected chi connectivity index (χ0v) is 12.7. The molecule has 0 bridgehead atoms. The Hall–Kier alpha value is -2.02. The minimum absolute atomic E-state index is 0.130. The van der Waals surface area contributed by atoms with E-state index in [2.05, 4.69) is 63.2 Å². The predicted molar refractivity (Wildman–Crippen MR) is 86.0 cm³/mol. The van der Waals surface area contributed by atoms with Gasteiger partial charge in [0, 0.05) is 0 Å². The molecule has 2 aromatic rings. The van der Waals surface area contributed by atoms with Gasteiger partial charge in [0.25, 0.3) is 0 Å². The van der Waals surface area contributed by atoms with Gasteiger partial charge in [0.05, 0.1) is 7.11 Å². The minimum Gasteiger partial charge on any atom is -0.497 e. The zero-order chi connectivity index (χ0) is 14.6. The lowest BCUT2D eigenvalue weighted by Crippen LogP contribution is -2.02. The Morgan fingerprint density at radius 2 is 1.40 bits per heavy atom. The number of allylic oxidation sites excluding steroid dienone is 1. The molecule has 1 nitrogen and oxygen atoms in total. The largest absolute Gasteiger partial charge is 0.497 e. The average Bonchev–Trinajstić information content (AvgIpc) is 2.45. The van der Waals surface area contributed by atoms with Crippen LogP contribution >= 0.6 is 0 Å². The SMILES string of the molecule is COc1ccc(/C(=C/C(C)(C)C)c2ccccc2)cc1. The van der Waals surface area contributed by atoms with Crippen LogP contribution in [0.3, 0.4) is 0 Å². The molecule has 0 aromatic heterocycles. The number of hydrogen-bond donors (Lipinski definition) is 0. The van der Waals surface area contributed by atoms with Crippen LogP contribution in [-0.4, -0.2) is 7.11 Å². The Kier molecular flexibility index (Phi) is 4.29. The van der Waals surface area contributed by atoms with Crippen LogP contribution in [0.2, 0.25) is 0 Å². The summed E-state index contributed by atoms with van der Waals surface area (Å²) in [4.78, 5) is 0. The van der Waals surface area contributed by atoms with E-state index in [4.69, 9.17) is 4.74 Å². The monoisotopic (exact) mass is 266 g/mol. The lowest BCUT2D eigenvalue weighted by molar-refractivity contribution is 0.415. The molecule has 0 heterocycles. The van der Waals surface area contributed by atoms with Gasteiger partial charge in [0.1, 0.15) is 5.75 Å². The average molecular weight is 266 g/mol. The molecule has 0 aliphatic carbocycles. The fourth-order valence-corrected chi connectivity index (χ4v) is 2.15. The van der Waals surface area contributed by atoms with Gasteiger partial charge in [-0.2, -0.15) is 0 Å². The Morgan fingerprint density at radius 3 is 1.90 bits per heavy atom. The van der Waals surface area contributed by atoms with E-state index in [1.54, 1.807) is 7.11 Å². The molecule has 20 heavy (non-hydrogen) atoms. The first-order valence-electron chi connectivity index (χ1n) is 6.92. The van der Waals surface area contributed by atoms with Gasteiger partial charge < -0.3 is 4.74 Å². The van der Waals surface area contributed by atoms with Gasteiger partial charge in [-0.15, -0.1) is 0 Å². The molecule has 104 valence electrons. The first kappa shape index (κ1) is 14.4. The Morgan fingerprint density at radius 1 is 0.850 bits per heavy atom. The fourth-order valence-electron chi connectivity index (χ4n) is 2.15. The lowest BCUT2D eigenvalue weighted by atomic mass is 9.88. The van der Waals surface area contributed by atoms with E-state index >= 15 is 0 Å². The van der Waals surface area contributed by atoms with Crippen molar-refractivity contribution in [3.8, 4) is 5.75 Å². The van der Waals surface area contributed by atoms with Gasteiger partial charge >= 0.3 is 0 Å². The summed E-state index contributed by atoms with van der Waals surface area (Å²) in [6, 6.07) is 18.8. The van der Waals surface area contributed by atoms with Crippen LogP contribution in [-0.2, 0) is 0 Å². The topological polar surface area (TPSA) is 9.23 Å². The highest BCUT2D eigenvalue weighted by molar-refractivity contribution is 5.80. The van der Waals surface area contributed by atoms with Crippen molar-refractivity contribution in [2.75, 3.05) is 7.11 Å². The smallest absolute Gasteiger partial charge is 0.118 e. The molecule has 0 fully saturated rings. The summed E-state index contributed by atoms with van der Waals surface area (Å²) < 4.78 is 5.24. The Balaban J connectivity index is 2.49. The van der Waals surface area contributed by atoms with Crippen molar-refractivity contribution in [3.63, 3.8) is 0 Å². The van der Waals surface area contributed by atoms with Crippen molar-refractivity contribution in [2.45, 2.75) is 20.8 Å². The van der Waals surface area contributed by atoms with E-state index in [1.807, 2.05) is 18.2 Å². The maximum Gasteiger partial charge on any atom is 0.118 e. The second-order valence-corrected chi connectivity index (χ2v) is 6.02. The van der Waals surface area contributed by atoms with Gasteiger partial charge in [-0.1, -0.05) is 69.3 Å². The van der Waals surface area contributed by atoms with E-state index in [1.165, 1.54) is 16.7 Å². The maximum absolute atomic E-state index is 5.24. The molecule has 0 saturated heterocycles. The highest BCUT2D eigenvalue weighted by atomic mass is 16.5. The third kappa shape index (κ3) is 3.74. The quantitative estimate of drug-likeness (QED) is 0.744. The number of benzene rings is 2. The first-order chi connectivity index (χ1) is 9.49. The summed E-state index contributed by atoms with van der Waals surface area (Å²) in [5.41, 5.74) is 3.85. The molecular weight excluding hydrogens is 244 g/mol. The molecule has 0 aliphatic rings. The Bertz CT molecular complexity index is 571. The molecule has 2 rings (SSSR count). The molecular formula is C19H22O. The summed E-state index contributed by atoms with van der Waals surface area (Å²) in [6.07, 6.45) is 2.32. The van der Waals surface area contributed by atoms with Crippen LogP contribution in [0.15, 0.2) is 60.7 Å². The molecule has 0 aliphatic heterocycles. The first-order valence-corrected chi connectivity index (χ1v) is 6.92. The molecule has 0 saturated carbocycles. The molecule has 0 amide bonds. The van der Waals surface area contributed by atoms with Crippen LogP contribution in [0.5, 0.6) is 5.75 Å². The molecule has 0 spiro atoms. The van der Waals surface area contributed by atoms with Gasteiger partial charge in [0.2, 0.25) is 0 Å². The maximum atomic E-state index is 5.24. The van der Waals surface area contributed by atoms with Crippen LogP contribution in [0.4, 0.5) is 0 Å². The van der Waals surface area contributed by atoms with Gasteiger partial charge in [0.15, 0.2) is 0 Å². The summed E-state index contributed by atoms with van der Waals surface area (Å²) in [5, 5.41) is 0. The Labute approximate surface area is 121 Å². The number of ether oxygens (including phenoxy) is 1. The van der Waals surface area contributed by atoms with E-state index in [-0.39, 0.29) is 5.41 Å². The fraction of sp³-hybridized carbons (Fsp3) is 0.263. The van der Waals surface area contributed by atoms with Crippen molar-refractivity contribution in [1.29, 1.82) is 0 Å². The number of hydrogen-bond acceptors (Lipinski definition) is 1.